The number of ether oxygens (including phenoxy) is 2. The van der Waals surface area contributed by atoms with Gasteiger partial charge in [-0.1, -0.05) is 43.3 Å². The predicted octanol–water partition coefficient (Wildman–Crippen LogP) is 1.08. The van der Waals surface area contributed by atoms with Gasteiger partial charge in [-0.2, -0.15) is 0 Å². The minimum atomic E-state index is -1.56. The smallest absolute Gasteiger partial charge is 0.404 e. The van der Waals surface area contributed by atoms with E-state index in [2.05, 4.69) is 11.9 Å². The first kappa shape index (κ1) is 21.1. The van der Waals surface area contributed by atoms with Crippen LogP contribution in [-0.4, -0.2) is 54.7 Å². The van der Waals surface area contributed by atoms with E-state index < -0.39 is 35.5 Å². The van der Waals surface area contributed by atoms with Gasteiger partial charge in [0.1, 0.15) is 6.10 Å². The third-order valence-corrected chi connectivity index (χ3v) is 4.47. The molecule has 1 heterocycles. The molecule has 9 heteroatoms. The third kappa shape index (κ3) is 4.20. The van der Waals surface area contributed by atoms with Crippen LogP contribution < -0.4 is 11.1 Å². The van der Waals surface area contributed by atoms with Crippen LogP contribution in [-0.2, 0) is 24.5 Å². The van der Waals surface area contributed by atoms with Crippen LogP contribution >= 0.6 is 0 Å². The van der Waals surface area contributed by atoms with Crippen molar-refractivity contribution in [3.8, 4) is 0 Å². The number of imide groups is 2. The number of nitrogens with two attached hydrogens (primary N) is 1. The first-order chi connectivity index (χ1) is 13.4. The number of amides is 5. The number of barbiturate groups is 1. The summed E-state index contributed by atoms with van der Waals surface area (Å²) in [5, 5.41) is 2.22. The molecule has 1 aliphatic heterocycles. The van der Waals surface area contributed by atoms with E-state index in [1.165, 1.54) is 6.08 Å². The van der Waals surface area contributed by atoms with Gasteiger partial charge in [0.25, 0.3) is 5.91 Å². The monoisotopic (exact) mass is 389 g/mol. The molecule has 1 fully saturated rings. The summed E-state index contributed by atoms with van der Waals surface area (Å²) in [7, 11) is 0. The molecular weight excluding hydrogens is 366 g/mol. The zero-order valence-corrected chi connectivity index (χ0v) is 15.6. The Morgan fingerprint density at radius 3 is 2.57 bits per heavy atom. The molecule has 2 unspecified atom stereocenters. The number of primary amides is 1. The molecular formula is C19H23N3O6. The maximum atomic E-state index is 13.3. The Hall–Kier alpha value is -3.20. The quantitative estimate of drug-likeness (QED) is 0.369. The number of nitrogens with zero attached hydrogens (tertiary/aromatic N) is 1. The van der Waals surface area contributed by atoms with E-state index in [0.29, 0.717) is 5.56 Å². The van der Waals surface area contributed by atoms with Gasteiger partial charge in [-0.05, 0) is 12.0 Å². The van der Waals surface area contributed by atoms with Gasteiger partial charge in [0.15, 0.2) is 5.41 Å². The van der Waals surface area contributed by atoms with Crippen molar-refractivity contribution in [1.29, 1.82) is 0 Å². The fourth-order valence-electron chi connectivity index (χ4n) is 3.12. The summed E-state index contributed by atoms with van der Waals surface area (Å²) in [6.45, 7) is 4.95. The van der Waals surface area contributed by atoms with E-state index in [0.717, 1.165) is 4.90 Å². The van der Waals surface area contributed by atoms with Crippen molar-refractivity contribution in [3.05, 3.63) is 48.6 Å². The molecule has 2 atom stereocenters. The lowest BCUT2D eigenvalue weighted by Gasteiger charge is -2.39. The van der Waals surface area contributed by atoms with Crippen LogP contribution in [0.4, 0.5) is 9.59 Å². The van der Waals surface area contributed by atoms with Gasteiger partial charge in [0.2, 0.25) is 5.91 Å². The Bertz CT molecular complexity index is 766. The highest BCUT2D eigenvalue weighted by Crippen LogP contribution is 2.33. The number of benzene rings is 1. The Labute approximate surface area is 162 Å². The normalized spacial score (nSPS) is 20.5. The number of nitrogens with one attached hydrogen (secondary N) is 1. The lowest BCUT2D eigenvalue weighted by atomic mass is 9.74. The van der Waals surface area contributed by atoms with Crippen molar-refractivity contribution >= 4 is 23.9 Å². The van der Waals surface area contributed by atoms with Crippen molar-refractivity contribution in [3.63, 3.8) is 0 Å². The fraction of sp³-hybridized carbons (Fsp3) is 0.368. The average Bonchev–Trinajstić information content (AvgIpc) is 2.66. The number of carbonyl (C=O) groups excluding carboxylic acids is 4. The Kier molecular flexibility index (Phi) is 6.89. The molecule has 0 aromatic heterocycles. The first-order valence-electron chi connectivity index (χ1n) is 8.74. The highest BCUT2D eigenvalue weighted by Gasteiger charge is 2.54. The molecule has 0 spiro atoms. The van der Waals surface area contributed by atoms with Crippen molar-refractivity contribution in [1.82, 2.24) is 10.2 Å². The van der Waals surface area contributed by atoms with E-state index in [4.69, 9.17) is 15.2 Å². The van der Waals surface area contributed by atoms with Crippen LogP contribution in [0.1, 0.15) is 18.9 Å². The summed E-state index contributed by atoms with van der Waals surface area (Å²) in [4.78, 5) is 50.3. The van der Waals surface area contributed by atoms with Gasteiger partial charge >= 0.3 is 12.1 Å². The minimum absolute atomic E-state index is 0.107. The van der Waals surface area contributed by atoms with E-state index >= 15 is 0 Å². The Balaban J connectivity index is 2.33. The predicted molar refractivity (Wildman–Crippen MR) is 99.1 cm³/mol. The highest BCUT2D eigenvalue weighted by atomic mass is 16.6. The molecule has 0 radical (unpaired) electrons. The number of rotatable bonds is 9. The van der Waals surface area contributed by atoms with Gasteiger partial charge in [-0.25, -0.2) is 9.59 Å². The Morgan fingerprint density at radius 1 is 1.32 bits per heavy atom. The highest BCUT2D eigenvalue weighted by molar-refractivity contribution is 6.22. The second-order valence-corrected chi connectivity index (χ2v) is 6.18. The van der Waals surface area contributed by atoms with E-state index in [1.54, 1.807) is 37.3 Å². The zero-order chi connectivity index (χ0) is 20.7. The second-order valence-electron chi connectivity index (χ2n) is 6.18. The molecule has 9 nitrogen and oxygen atoms in total. The maximum Gasteiger partial charge on any atom is 0.404 e. The number of hydrogen-bond acceptors (Lipinski definition) is 6. The molecule has 1 aromatic carbocycles. The largest absolute Gasteiger partial charge is 0.442 e. The molecule has 0 bridgehead atoms. The maximum absolute atomic E-state index is 13.3. The summed E-state index contributed by atoms with van der Waals surface area (Å²) >= 11 is 0. The number of carbonyl (C=O) groups is 4. The Morgan fingerprint density at radius 2 is 2.00 bits per heavy atom. The SMILES string of the molecule is C=CCOCC(CN1C(=O)NC(=O)C(CC)(c2ccccc2)C1=O)OC(N)=O. The summed E-state index contributed by atoms with van der Waals surface area (Å²) in [5.74, 6) is -1.39. The molecule has 3 N–H and O–H groups in total. The number of hydrogen-bond donors (Lipinski definition) is 2. The number of urea groups is 1. The summed E-state index contributed by atoms with van der Waals surface area (Å²) in [6.07, 6.45) is -0.431. The van der Waals surface area contributed by atoms with E-state index in [9.17, 15) is 19.2 Å². The van der Waals surface area contributed by atoms with Gasteiger partial charge in [-0.15, -0.1) is 6.58 Å². The summed E-state index contributed by atoms with van der Waals surface area (Å²) in [6, 6.07) is 7.58. The van der Waals surface area contributed by atoms with E-state index in [-0.39, 0.29) is 26.2 Å². The molecule has 1 saturated heterocycles. The molecule has 2 rings (SSSR count). The fourth-order valence-corrected chi connectivity index (χ4v) is 3.12. The lowest BCUT2D eigenvalue weighted by molar-refractivity contribution is -0.146. The van der Waals surface area contributed by atoms with Crippen LogP contribution in [0, 0.1) is 0 Å². The molecule has 28 heavy (non-hydrogen) atoms. The molecule has 150 valence electrons. The van der Waals surface area contributed by atoms with Crippen LogP contribution in [0.25, 0.3) is 0 Å². The average molecular weight is 389 g/mol. The summed E-state index contributed by atoms with van der Waals surface area (Å²) in [5.41, 5.74) is 3.97. The molecule has 0 saturated carbocycles. The summed E-state index contributed by atoms with van der Waals surface area (Å²) < 4.78 is 10.2. The van der Waals surface area contributed by atoms with Gasteiger partial charge in [0.05, 0.1) is 19.8 Å². The van der Waals surface area contributed by atoms with E-state index in [1.807, 2.05) is 0 Å². The topological polar surface area (TPSA) is 128 Å². The molecule has 1 aromatic rings. The van der Waals surface area contributed by atoms with Crippen molar-refractivity contribution in [2.75, 3.05) is 19.8 Å². The van der Waals surface area contributed by atoms with Crippen LogP contribution in [0.5, 0.6) is 0 Å². The minimum Gasteiger partial charge on any atom is -0.442 e. The first-order valence-corrected chi connectivity index (χ1v) is 8.74. The molecule has 5 amide bonds. The van der Waals surface area contributed by atoms with Crippen LogP contribution in [0.3, 0.4) is 0 Å². The standard InChI is InChI=1S/C19H23N3O6/c1-3-10-27-12-14(28-17(20)25)11-22-16(24)19(4-2,15(23)21-18(22)26)13-8-6-5-7-9-13/h3,5-9,14H,1,4,10-12H2,2H3,(H2,20,25)(H,21,23,26). The molecule has 0 aliphatic carbocycles. The van der Waals surface area contributed by atoms with Crippen molar-refractivity contribution in [2.24, 2.45) is 5.73 Å². The van der Waals surface area contributed by atoms with Crippen LogP contribution in [0.15, 0.2) is 43.0 Å². The van der Waals surface area contributed by atoms with Crippen LogP contribution in [0.2, 0.25) is 0 Å². The van der Waals surface area contributed by atoms with Gasteiger partial charge in [0, 0.05) is 0 Å². The van der Waals surface area contributed by atoms with Crippen molar-refractivity contribution < 1.29 is 28.7 Å². The zero-order valence-electron chi connectivity index (χ0n) is 15.6. The van der Waals surface area contributed by atoms with Crippen molar-refractivity contribution in [2.45, 2.75) is 24.9 Å². The van der Waals surface area contributed by atoms with Gasteiger partial charge < -0.3 is 15.2 Å². The second kappa shape index (κ2) is 9.14. The molecule has 1 aliphatic rings. The third-order valence-electron chi connectivity index (χ3n) is 4.47. The lowest BCUT2D eigenvalue weighted by Crippen LogP contribution is -2.67. The van der Waals surface area contributed by atoms with Gasteiger partial charge in [-0.3, -0.25) is 19.8 Å².